The number of nitrogens with two attached hydrogens (primary N) is 1. The van der Waals surface area contributed by atoms with Crippen molar-refractivity contribution in [1.29, 1.82) is 0 Å². The molecule has 3 rings (SSSR count). The van der Waals surface area contributed by atoms with Crippen molar-refractivity contribution < 1.29 is 18.7 Å². The third-order valence-corrected chi connectivity index (χ3v) is 4.95. The van der Waals surface area contributed by atoms with Crippen LogP contribution in [0.4, 0.5) is 26.1 Å². The molecule has 3 aromatic rings. The molecule has 10 heteroatoms. The van der Waals surface area contributed by atoms with Gasteiger partial charge in [-0.15, -0.1) is 0 Å². The number of hydrogen-bond acceptors (Lipinski definition) is 5. The average molecular weight is 512 g/mol. The number of benzene rings is 1. The minimum atomic E-state index is -1.33. The van der Waals surface area contributed by atoms with Crippen LogP contribution >= 0.6 is 22.6 Å². The normalized spacial score (nSPS) is 10.8. The van der Waals surface area contributed by atoms with Crippen LogP contribution in [-0.2, 0) is 13.5 Å². The van der Waals surface area contributed by atoms with Crippen LogP contribution in [0.2, 0.25) is 0 Å². The molecule has 0 unspecified atom stereocenters. The summed E-state index contributed by atoms with van der Waals surface area (Å²) in [7, 11) is 1.35. The number of nitrogen functional groups attached to an aromatic ring is 1. The van der Waals surface area contributed by atoms with Gasteiger partial charge in [0, 0.05) is 28.8 Å². The van der Waals surface area contributed by atoms with Crippen molar-refractivity contribution in [2.75, 3.05) is 11.1 Å². The summed E-state index contributed by atoms with van der Waals surface area (Å²) in [5.41, 5.74) is 4.80. The number of pyridine rings is 2. The first-order valence-corrected chi connectivity index (χ1v) is 9.34. The zero-order valence-corrected chi connectivity index (χ0v) is 17.2. The van der Waals surface area contributed by atoms with Gasteiger partial charge >= 0.3 is 5.97 Å². The maximum Gasteiger partial charge on any atom is 0.339 e. The molecule has 29 heavy (non-hydrogen) atoms. The van der Waals surface area contributed by atoms with E-state index in [1.807, 2.05) is 22.6 Å². The Balaban J connectivity index is 2.10. The summed E-state index contributed by atoms with van der Waals surface area (Å²) in [6.45, 7) is 0. The third kappa shape index (κ3) is 4.21. The van der Waals surface area contributed by atoms with Crippen molar-refractivity contribution in [3.05, 3.63) is 78.8 Å². The lowest BCUT2D eigenvalue weighted by atomic mass is 10.0. The number of nitrogens with zero attached hydrogens (tertiary/aromatic N) is 2. The molecule has 0 atom stereocenters. The molecule has 0 saturated heterocycles. The van der Waals surface area contributed by atoms with Gasteiger partial charge in [0.1, 0.15) is 17.2 Å². The maximum atomic E-state index is 14.2. The van der Waals surface area contributed by atoms with E-state index >= 15 is 0 Å². The largest absolute Gasteiger partial charge is 0.478 e. The predicted molar refractivity (Wildman–Crippen MR) is 112 cm³/mol. The number of rotatable bonds is 5. The fourth-order valence-electron chi connectivity index (χ4n) is 2.80. The highest BCUT2D eigenvalue weighted by atomic mass is 127. The molecule has 0 aliphatic rings. The fraction of sp³-hybridized carbons (Fsp3) is 0.105. The molecule has 0 aliphatic heterocycles. The highest BCUT2D eigenvalue weighted by molar-refractivity contribution is 14.1. The summed E-state index contributed by atoms with van der Waals surface area (Å²) < 4.78 is 30.1. The zero-order chi connectivity index (χ0) is 21.3. The first-order chi connectivity index (χ1) is 13.7. The van der Waals surface area contributed by atoms with Gasteiger partial charge in [-0.25, -0.2) is 18.6 Å². The molecule has 0 aliphatic carbocycles. The molecule has 0 spiro atoms. The lowest BCUT2D eigenvalue weighted by Gasteiger charge is -2.16. The van der Waals surface area contributed by atoms with Crippen LogP contribution in [-0.4, -0.2) is 20.6 Å². The van der Waals surface area contributed by atoms with Crippen LogP contribution in [0.25, 0.3) is 0 Å². The lowest BCUT2D eigenvalue weighted by molar-refractivity contribution is 0.0697. The van der Waals surface area contributed by atoms with E-state index in [9.17, 15) is 23.5 Å². The van der Waals surface area contributed by atoms with Crippen LogP contribution in [0, 0.1) is 15.2 Å². The lowest BCUT2D eigenvalue weighted by Crippen LogP contribution is -2.26. The Morgan fingerprint density at radius 2 is 2.00 bits per heavy atom. The predicted octanol–water partition coefficient (Wildman–Crippen LogP) is 3.28. The summed E-state index contributed by atoms with van der Waals surface area (Å²) in [4.78, 5) is 28.2. The number of hydrogen-bond donors (Lipinski definition) is 3. The summed E-state index contributed by atoms with van der Waals surface area (Å²) in [6.07, 6.45) is 1.12. The van der Waals surface area contributed by atoms with Gasteiger partial charge in [0.05, 0.1) is 5.69 Å². The number of carboxylic acids is 1. The van der Waals surface area contributed by atoms with E-state index in [1.54, 1.807) is 6.07 Å². The van der Waals surface area contributed by atoms with E-state index in [-0.39, 0.29) is 40.4 Å². The Hall–Kier alpha value is -3.02. The van der Waals surface area contributed by atoms with Crippen molar-refractivity contribution >= 4 is 45.9 Å². The second-order valence-electron chi connectivity index (χ2n) is 6.20. The number of carbonyl (C=O) groups is 1. The van der Waals surface area contributed by atoms with E-state index in [0.717, 1.165) is 10.6 Å². The van der Waals surface area contributed by atoms with Crippen LogP contribution < -0.4 is 16.6 Å². The summed E-state index contributed by atoms with van der Waals surface area (Å²) >= 11 is 1.94. The molecular formula is C19H15F2IN4O3. The fourth-order valence-corrected chi connectivity index (χ4v) is 3.26. The molecule has 1 aromatic carbocycles. The van der Waals surface area contributed by atoms with Crippen LogP contribution in [0.5, 0.6) is 0 Å². The SMILES string of the molecule is Cn1c(Nc2ccc(I)cc2F)c(C(=O)O)cc(Cc2ccnc(N)c2F)c1=O. The highest BCUT2D eigenvalue weighted by Crippen LogP contribution is 2.25. The van der Waals surface area contributed by atoms with Gasteiger partial charge in [-0.05, 0) is 58.5 Å². The minimum Gasteiger partial charge on any atom is -0.478 e. The molecule has 0 fully saturated rings. The molecule has 2 heterocycles. The van der Waals surface area contributed by atoms with Crippen molar-refractivity contribution in [3.8, 4) is 0 Å². The molecule has 0 amide bonds. The number of aromatic nitrogens is 2. The van der Waals surface area contributed by atoms with Crippen LogP contribution in [0.3, 0.4) is 0 Å². The van der Waals surface area contributed by atoms with Gasteiger partial charge in [-0.3, -0.25) is 9.36 Å². The molecule has 0 radical (unpaired) electrons. The molecule has 0 saturated carbocycles. The topological polar surface area (TPSA) is 110 Å². The Morgan fingerprint density at radius 1 is 1.28 bits per heavy atom. The number of aromatic carboxylic acids is 1. The second kappa shape index (κ2) is 8.15. The Bertz CT molecular complexity index is 1180. The highest BCUT2D eigenvalue weighted by Gasteiger charge is 2.20. The van der Waals surface area contributed by atoms with Gasteiger partial charge in [-0.2, -0.15) is 0 Å². The minimum absolute atomic E-state index is 0.0172. The van der Waals surface area contributed by atoms with E-state index < -0.39 is 23.2 Å². The number of nitrogens with one attached hydrogen (secondary N) is 1. The molecule has 2 aromatic heterocycles. The monoisotopic (exact) mass is 512 g/mol. The Morgan fingerprint density at radius 3 is 2.66 bits per heavy atom. The van der Waals surface area contributed by atoms with Gasteiger partial charge in [0.15, 0.2) is 11.6 Å². The quantitative estimate of drug-likeness (QED) is 0.453. The standard InChI is InChI=1S/C19H15F2IN4O3/c1-26-17(25-14-3-2-11(22)8-13(14)20)12(19(28)29)7-10(18(26)27)6-9-4-5-24-16(23)15(9)21/h2-5,7-8,25H,6H2,1H3,(H2,23,24)(H,28,29). The molecule has 7 nitrogen and oxygen atoms in total. The summed E-state index contributed by atoms with van der Waals surface area (Å²) in [6, 6.07) is 6.85. The Labute approximate surface area is 177 Å². The number of halogens is 3. The zero-order valence-electron chi connectivity index (χ0n) is 15.0. The molecule has 0 bridgehead atoms. The third-order valence-electron chi connectivity index (χ3n) is 4.28. The van der Waals surface area contributed by atoms with E-state index in [4.69, 9.17) is 5.73 Å². The van der Waals surface area contributed by atoms with Crippen molar-refractivity contribution in [3.63, 3.8) is 0 Å². The second-order valence-corrected chi connectivity index (χ2v) is 7.44. The smallest absolute Gasteiger partial charge is 0.339 e. The van der Waals surface area contributed by atoms with Gasteiger partial charge in [0.25, 0.3) is 5.56 Å². The molecule has 4 N–H and O–H groups in total. The number of anilines is 3. The first-order valence-electron chi connectivity index (χ1n) is 8.26. The van der Waals surface area contributed by atoms with Crippen molar-refractivity contribution in [2.45, 2.75) is 6.42 Å². The average Bonchev–Trinajstić information content (AvgIpc) is 2.66. The maximum absolute atomic E-state index is 14.2. The van der Waals surface area contributed by atoms with Gasteiger partial charge in [0.2, 0.25) is 0 Å². The molecule has 150 valence electrons. The van der Waals surface area contributed by atoms with E-state index in [1.165, 1.54) is 31.4 Å². The van der Waals surface area contributed by atoms with Crippen molar-refractivity contribution in [2.24, 2.45) is 7.05 Å². The number of carboxylic acid groups (broad SMARTS) is 1. The summed E-state index contributed by atoms with van der Waals surface area (Å²) in [5.74, 6) is -3.11. The first kappa shape index (κ1) is 20.7. The van der Waals surface area contributed by atoms with E-state index in [0.29, 0.717) is 3.57 Å². The van der Waals surface area contributed by atoms with Crippen molar-refractivity contribution in [1.82, 2.24) is 9.55 Å². The Kier molecular flexibility index (Phi) is 5.82. The summed E-state index contributed by atoms with van der Waals surface area (Å²) in [5, 5.41) is 12.3. The van der Waals surface area contributed by atoms with Crippen LogP contribution in [0.15, 0.2) is 41.3 Å². The molecular weight excluding hydrogens is 497 g/mol. The van der Waals surface area contributed by atoms with Crippen LogP contribution in [0.1, 0.15) is 21.5 Å². The van der Waals surface area contributed by atoms with E-state index in [2.05, 4.69) is 10.3 Å². The van der Waals surface area contributed by atoms with Gasteiger partial charge in [-0.1, -0.05) is 0 Å². The van der Waals surface area contributed by atoms with Gasteiger partial charge < -0.3 is 16.2 Å².